The number of piperidine rings is 1. The van der Waals surface area contributed by atoms with Crippen molar-refractivity contribution in [1.82, 2.24) is 19.9 Å². The third-order valence-electron chi connectivity index (χ3n) is 5.22. The predicted molar refractivity (Wildman–Crippen MR) is 113 cm³/mol. The molecule has 1 atom stereocenters. The Kier molecular flexibility index (Phi) is 5.51. The number of carbonyl (C=O) groups is 1. The third-order valence-corrected chi connectivity index (χ3v) is 5.22. The maximum atomic E-state index is 12.8. The van der Waals surface area contributed by atoms with E-state index < -0.39 is 0 Å². The van der Waals surface area contributed by atoms with Gasteiger partial charge in [0.2, 0.25) is 0 Å². The molecule has 0 unspecified atom stereocenters. The molecule has 0 aliphatic carbocycles. The van der Waals surface area contributed by atoms with Gasteiger partial charge in [-0.15, -0.1) is 0 Å². The van der Waals surface area contributed by atoms with Crippen LogP contribution in [0.15, 0.2) is 55.0 Å². The fourth-order valence-electron chi connectivity index (χ4n) is 3.75. The summed E-state index contributed by atoms with van der Waals surface area (Å²) in [5, 5.41) is 3.47. The lowest BCUT2D eigenvalue weighted by molar-refractivity contribution is 0.0699. The van der Waals surface area contributed by atoms with Gasteiger partial charge in [0, 0.05) is 54.2 Å². The number of pyridine rings is 1. The molecule has 2 aromatic heterocycles. The summed E-state index contributed by atoms with van der Waals surface area (Å²) < 4.78 is 0. The highest BCUT2D eigenvalue weighted by Gasteiger charge is 2.27. The van der Waals surface area contributed by atoms with Crippen LogP contribution in [0.3, 0.4) is 0 Å². The zero-order valence-electron chi connectivity index (χ0n) is 16.8. The van der Waals surface area contributed by atoms with Gasteiger partial charge in [-0.25, -0.2) is 4.98 Å². The van der Waals surface area contributed by atoms with Crippen molar-refractivity contribution in [2.75, 3.05) is 18.4 Å². The molecular formula is C23H25N5O. The van der Waals surface area contributed by atoms with Gasteiger partial charge in [-0.05, 0) is 51.0 Å². The Bertz CT molecular complexity index is 988. The standard InChI is InChI=1S/C23H25N5O/c1-16-5-7-19(8-6-16)27-20-12-17(2)26-21(13-20)18-4-3-11-28(15-18)23(29)22-14-24-9-10-25-22/h5-10,12-14,18H,3-4,11,15H2,1-2H3,(H,26,27)/t18-/m0/s1. The highest BCUT2D eigenvalue weighted by molar-refractivity contribution is 5.92. The lowest BCUT2D eigenvalue weighted by Gasteiger charge is -2.32. The second kappa shape index (κ2) is 8.39. The third kappa shape index (κ3) is 4.59. The van der Waals surface area contributed by atoms with Crippen molar-refractivity contribution in [2.45, 2.75) is 32.6 Å². The number of benzene rings is 1. The van der Waals surface area contributed by atoms with E-state index in [4.69, 9.17) is 4.98 Å². The first-order valence-electron chi connectivity index (χ1n) is 9.96. The molecule has 29 heavy (non-hydrogen) atoms. The summed E-state index contributed by atoms with van der Waals surface area (Å²) >= 11 is 0. The first-order valence-corrected chi connectivity index (χ1v) is 9.96. The summed E-state index contributed by atoms with van der Waals surface area (Å²) in [6.07, 6.45) is 6.63. The van der Waals surface area contributed by atoms with Crippen molar-refractivity contribution >= 4 is 17.3 Å². The molecule has 1 aromatic carbocycles. The summed E-state index contributed by atoms with van der Waals surface area (Å²) in [4.78, 5) is 27.6. The molecule has 0 spiro atoms. The van der Waals surface area contributed by atoms with E-state index in [1.165, 1.54) is 11.8 Å². The molecule has 3 heterocycles. The Morgan fingerprint density at radius 3 is 2.69 bits per heavy atom. The van der Waals surface area contributed by atoms with Crippen LogP contribution in [0, 0.1) is 13.8 Å². The van der Waals surface area contributed by atoms with Gasteiger partial charge in [0.25, 0.3) is 5.91 Å². The van der Waals surface area contributed by atoms with Gasteiger partial charge in [0.1, 0.15) is 5.69 Å². The summed E-state index contributed by atoms with van der Waals surface area (Å²) in [6, 6.07) is 12.5. The van der Waals surface area contributed by atoms with Crippen LogP contribution < -0.4 is 5.32 Å². The van der Waals surface area contributed by atoms with Crippen LogP contribution in [0.25, 0.3) is 0 Å². The van der Waals surface area contributed by atoms with E-state index in [2.05, 4.69) is 58.6 Å². The molecule has 1 aliphatic heterocycles. The molecule has 1 saturated heterocycles. The van der Waals surface area contributed by atoms with E-state index in [1.54, 1.807) is 12.4 Å². The van der Waals surface area contributed by atoms with Crippen LogP contribution in [0.2, 0.25) is 0 Å². The average molecular weight is 387 g/mol. The number of anilines is 2. The summed E-state index contributed by atoms with van der Waals surface area (Å²) in [7, 11) is 0. The van der Waals surface area contributed by atoms with Gasteiger partial charge in [-0.3, -0.25) is 14.8 Å². The zero-order valence-corrected chi connectivity index (χ0v) is 16.8. The van der Waals surface area contributed by atoms with Gasteiger partial charge in [-0.2, -0.15) is 0 Å². The number of rotatable bonds is 4. The number of hydrogen-bond acceptors (Lipinski definition) is 5. The van der Waals surface area contributed by atoms with Gasteiger partial charge >= 0.3 is 0 Å². The van der Waals surface area contributed by atoms with Crippen LogP contribution in [0.4, 0.5) is 11.4 Å². The van der Waals surface area contributed by atoms with E-state index in [-0.39, 0.29) is 11.8 Å². The molecular weight excluding hydrogens is 362 g/mol. The minimum absolute atomic E-state index is 0.0616. The van der Waals surface area contributed by atoms with Crippen molar-refractivity contribution in [3.05, 3.63) is 77.6 Å². The number of hydrogen-bond donors (Lipinski definition) is 1. The first-order chi connectivity index (χ1) is 14.1. The average Bonchev–Trinajstić information content (AvgIpc) is 2.75. The lowest BCUT2D eigenvalue weighted by atomic mass is 9.93. The van der Waals surface area contributed by atoms with Crippen LogP contribution in [-0.2, 0) is 0 Å². The molecule has 1 aliphatic rings. The highest BCUT2D eigenvalue weighted by atomic mass is 16.2. The fraction of sp³-hybridized carbons (Fsp3) is 0.304. The second-order valence-electron chi connectivity index (χ2n) is 7.59. The quantitative estimate of drug-likeness (QED) is 0.725. The van der Waals surface area contributed by atoms with Crippen LogP contribution in [0.5, 0.6) is 0 Å². The maximum Gasteiger partial charge on any atom is 0.274 e. The molecule has 0 saturated carbocycles. The van der Waals surface area contributed by atoms with Crippen molar-refractivity contribution in [3.63, 3.8) is 0 Å². The molecule has 1 N–H and O–H groups in total. The minimum Gasteiger partial charge on any atom is -0.355 e. The molecule has 1 amide bonds. The topological polar surface area (TPSA) is 71.0 Å². The largest absolute Gasteiger partial charge is 0.355 e. The number of aromatic nitrogens is 3. The second-order valence-corrected chi connectivity index (χ2v) is 7.59. The first kappa shape index (κ1) is 19.1. The van der Waals surface area contributed by atoms with E-state index in [9.17, 15) is 4.79 Å². The van der Waals surface area contributed by atoms with Crippen LogP contribution in [0.1, 0.15) is 46.2 Å². The van der Waals surface area contributed by atoms with Crippen molar-refractivity contribution in [1.29, 1.82) is 0 Å². The number of aryl methyl sites for hydroxylation is 2. The molecule has 0 radical (unpaired) electrons. The zero-order chi connectivity index (χ0) is 20.2. The number of carbonyl (C=O) groups excluding carboxylic acids is 1. The lowest BCUT2D eigenvalue weighted by Crippen LogP contribution is -2.39. The summed E-state index contributed by atoms with van der Waals surface area (Å²) in [6.45, 7) is 5.48. The summed E-state index contributed by atoms with van der Waals surface area (Å²) in [5.41, 5.74) is 5.69. The van der Waals surface area contributed by atoms with Crippen molar-refractivity contribution in [2.24, 2.45) is 0 Å². The molecule has 3 aromatic rings. The molecule has 6 heteroatoms. The Balaban J connectivity index is 1.52. The van der Waals surface area contributed by atoms with Crippen molar-refractivity contribution < 1.29 is 4.79 Å². The van der Waals surface area contributed by atoms with Gasteiger partial charge in [0.15, 0.2) is 0 Å². The Hall–Kier alpha value is -3.28. The predicted octanol–water partition coefficient (Wildman–Crippen LogP) is 4.25. The fourth-order valence-corrected chi connectivity index (χ4v) is 3.75. The maximum absolute atomic E-state index is 12.8. The van der Waals surface area contributed by atoms with Crippen LogP contribution in [-0.4, -0.2) is 38.8 Å². The Morgan fingerprint density at radius 1 is 1.10 bits per heavy atom. The monoisotopic (exact) mass is 387 g/mol. The Morgan fingerprint density at radius 2 is 1.93 bits per heavy atom. The van der Waals surface area contributed by atoms with Gasteiger partial charge < -0.3 is 10.2 Å². The molecule has 1 fully saturated rings. The summed E-state index contributed by atoms with van der Waals surface area (Å²) in [5.74, 6) is 0.149. The van der Waals surface area contributed by atoms with E-state index in [0.29, 0.717) is 12.2 Å². The minimum atomic E-state index is -0.0616. The van der Waals surface area contributed by atoms with Crippen LogP contribution >= 0.6 is 0 Å². The SMILES string of the molecule is Cc1ccc(Nc2cc(C)nc([C@H]3CCCN(C(=O)c4cnccn4)C3)c2)cc1. The normalized spacial score (nSPS) is 16.5. The van der Waals surface area contributed by atoms with Crippen molar-refractivity contribution in [3.8, 4) is 0 Å². The molecule has 6 nitrogen and oxygen atoms in total. The van der Waals surface area contributed by atoms with Gasteiger partial charge in [0.05, 0.1) is 6.20 Å². The number of nitrogens with one attached hydrogen (secondary N) is 1. The van der Waals surface area contributed by atoms with E-state index in [0.717, 1.165) is 42.1 Å². The highest BCUT2D eigenvalue weighted by Crippen LogP contribution is 2.29. The number of amides is 1. The molecule has 148 valence electrons. The Labute approximate surface area is 171 Å². The number of nitrogens with zero attached hydrogens (tertiary/aromatic N) is 4. The smallest absolute Gasteiger partial charge is 0.274 e. The van der Waals surface area contributed by atoms with E-state index in [1.807, 2.05) is 11.8 Å². The van der Waals surface area contributed by atoms with E-state index >= 15 is 0 Å². The number of likely N-dealkylation sites (tertiary alicyclic amines) is 1. The molecule has 0 bridgehead atoms. The van der Waals surface area contributed by atoms with Gasteiger partial charge in [-0.1, -0.05) is 17.7 Å². The molecule has 4 rings (SSSR count).